The number of hydrogen-bond donors (Lipinski definition) is 5. The van der Waals surface area contributed by atoms with Crippen LogP contribution in [-0.2, 0) is 37.1 Å². The smallest absolute Gasteiger partial charge is 0.394 e. The van der Waals surface area contributed by atoms with Crippen molar-refractivity contribution in [2.24, 2.45) is 5.73 Å². The average molecular weight is 301 g/mol. The van der Waals surface area contributed by atoms with E-state index in [1.165, 1.54) is 0 Å². The van der Waals surface area contributed by atoms with E-state index >= 15 is 0 Å². The van der Waals surface area contributed by atoms with Gasteiger partial charge in [0.2, 0.25) is 0 Å². The van der Waals surface area contributed by atoms with Crippen molar-refractivity contribution in [2.45, 2.75) is 18.9 Å². The van der Waals surface area contributed by atoms with Crippen LogP contribution in [0.2, 0.25) is 0 Å². The molecule has 0 aromatic heterocycles. The largest absolute Gasteiger partial charge is 0.481 e. The van der Waals surface area contributed by atoms with Crippen molar-refractivity contribution in [1.82, 2.24) is 0 Å². The van der Waals surface area contributed by atoms with Gasteiger partial charge in [0.15, 0.2) is 0 Å². The molecule has 0 radical (unpaired) electrons. The molecule has 0 aliphatic heterocycles. The molecule has 1 atom stereocenters. The topological polar surface area (TPSA) is 175 Å². The minimum atomic E-state index is -4.67. The van der Waals surface area contributed by atoms with Crippen LogP contribution < -0.4 is 5.73 Å². The fraction of sp³-hybridized carbons (Fsp3) is 0.600. The summed E-state index contributed by atoms with van der Waals surface area (Å²) in [6, 6.07) is -1.06. The van der Waals surface area contributed by atoms with Crippen LogP contribution in [0.4, 0.5) is 0 Å². The van der Waals surface area contributed by atoms with Gasteiger partial charge in [-0.1, -0.05) is 0 Å². The Morgan fingerprint density at radius 2 is 1.50 bits per heavy atom. The molecule has 9 nitrogen and oxygen atoms in total. The fourth-order valence-corrected chi connectivity index (χ4v) is 0.402. The molecule has 0 rings (SSSR count). The Kier molecular flexibility index (Phi) is 12.3. The first-order chi connectivity index (χ1) is 6.54. The van der Waals surface area contributed by atoms with E-state index in [-0.39, 0.29) is 29.9 Å². The summed E-state index contributed by atoms with van der Waals surface area (Å²) in [5.74, 6) is -2.20. The number of rotatable bonds is 4. The molecule has 0 aromatic carbocycles. The van der Waals surface area contributed by atoms with Crippen LogP contribution >= 0.6 is 0 Å². The van der Waals surface area contributed by atoms with Crippen LogP contribution in [0.15, 0.2) is 0 Å². The van der Waals surface area contributed by atoms with E-state index in [0.29, 0.717) is 0 Å². The van der Waals surface area contributed by atoms with Gasteiger partial charge in [-0.3, -0.25) is 18.7 Å². The quantitative estimate of drug-likeness (QED) is 0.309. The number of carboxylic acids is 2. The molecular formula is C5H11FeNO8S. The van der Waals surface area contributed by atoms with Crippen LogP contribution in [0, 0.1) is 0 Å². The van der Waals surface area contributed by atoms with Crippen LogP contribution in [0.3, 0.4) is 0 Å². The molecule has 0 aliphatic rings. The Balaban J connectivity index is -0.000000242. The molecule has 16 heavy (non-hydrogen) atoms. The first-order valence-corrected chi connectivity index (χ1v) is 4.83. The molecule has 0 bridgehead atoms. The van der Waals surface area contributed by atoms with E-state index in [1.807, 2.05) is 0 Å². The summed E-state index contributed by atoms with van der Waals surface area (Å²) in [4.78, 5) is 19.9. The molecule has 0 aliphatic carbocycles. The molecule has 0 saturated heterocycles. The standard InChI is InChI=1S/C5H9NO4.Fe.H2O4S/c6-3(5(9)10)1-2-4(7)8;;1-5(2,3)4/h3H,1-2,6H2,(H,7,8)(H,9,10);;(H2,1,2,3,4). The zero-order chi connectivity index (χ0) is 12.6. The van der Waals surface area contributed by atoms with E-state index in [4.69, 9.17) is 33.5 Å². The summed E-state index contributed by atoms with van der Waals surface area (Å²) in [6.45, 7) is 0. The second-order valence-corrected chi connectivity index (χ2v) is 3.22. The summed E-state index contributed by atoms with van der Waals surface area (Å²) >= 11 is 0. The van der Waals surface area contributed by atoms with E-state index in [2.05, 4.69) is 0 Å². The Bertz CT molecular complexity index is 306. The zero-order valence-electron chi connectivity index (χ0n) is 7.75. The molecule has 0 aromatic rings. The Morgan fingerprint density at radius 3 is 1.69 bits per heavy atom. The summed E-state index contributed by atoms with van der Waals surface area (Å²) in [7, 11) is -4.67. The van der Waals surface area contributed by atoms with Crippen molar-refractivity contribution < 1.29 is 54.4 Å². The van der Waals surface area contributed by atoms with Gasteiger partial charge in [-0.25, -0.2) is 0 Å². The number of nitrogens with two attached hydrogens (primary N) is 1. The fourth-order valence-electron chi connectivity index (χ4n) is 0.402. The van der Waals surface area contributed by atoms with Gasteiger partial charge < -0.3 is 15.9 Å². The predicted molar refractivity (Wildman–Crippen MR) is 46.7 cm³/mol. The first kappa shape index (κ1) is 20.7. The van der Waals surface area contributed by atoms with E-state index < -0.39 is 28.4 Å². The van der Waals surface area contributed by atoms with Crippen LogP contribution in [0.5, 0.6) is 0 Å². The minimum absolute atomic E-state index is 0. The molecule has 0 fully saturated rings. The molecule has 0 saturated carbocycles. The average Bonchev–Trinajstić information content (AvgIpc) is 1.96. The summed E-state index contributed by atoms with van der Waals surface area (Å²) in [5, 5.41) is 16.3. The van der Waals surface area contributed by atoms with E-state index in [1.54, 1.807) is 0 Å². The maximum atomic E-state index is 9.99. The van der Waals surface area contributed by atoms with Gasteiger partial charge in [-0.05, 0) is 6.42 Å². The van der Waals surface area contributed by atoms with Crippen LogP contribution in [-0.4, -0.2) is 45.7 Å². The van der Waals surface area contributed by atoms with Gasteiger partial charge in [0.05, 0.1) is 0 Å². The summed E-state index contributed by atoms with van der Waals surface area (Å²) < 4.78 is 31.6. The second kappa shape index (κ2) is 9.51. The van der Waals surface area contributed by atoms with Gasteiger partial charge in [0.25, 0.3) is 0 Å². The Labute approximate surface area is 102 Å². The molecule has 0 heterocycles. The SMILES string of the molecule is NC(CCC(=O)O)C(=O)O.O=S(=O)(O)O.[Fe]. The zero-order valence-corrected chi connectivity index (χ0v) is 9.67. The van der Waals surface area contributed by atoms with Gasteiger partial charge in [0.1, 0.15) is 6.04 Å². The number of hydrogen-bond acceptors (Lipinski definition) is 5. The molecule has 98 valence electrons. The molecule has 11 heteroatoms. The third-order valence-electron chi connectivity index (χ3n) is 0.986. The monoisotopic (exact) mass is 301 g/mol. The number of carboxylic acid groups (broad SMARTS) is 2. The van der Waals surface area contributed by atoms with Gasteiger partial charge in [-0.15, -0.1) is 0 Å². The van der Waals surface area contributed by atoms with Gasteiger partial charge >= 0.3 is 22.3 Å². The number of aliphatic carboxylic acids is 2. The Hall–Kier alpha value is -0.711. The summed E-state index contributed by atoms with van der Waals surface area (Å²) in [5.41, 5.74) is 5.00. The van der Waals surface area contributed by atoms with Crippen molar-refractivity contribution in [3.8, 4) is 0 Å². The third kappa shape index (κ3) is 29.2. The molecular weight excluding hydrogens is 290 g/mol. The van der Waals surface area contributed by atoms with Crippen molar-refractivity contribution in [2.75, 3.05) is 0 Å². The maximum Gasteiger partial charge on any atom is 0.394 e. The molecule has 6 N–H and O–H groups in total. The van der Waals surface area contributed by atoms with Crippen molar-refractivity contribution in [1.29, 1.82) is 0 Å². The van der Waals surface area contributed by atoms with E-state index in [0.717, 1.165) is 0 Å². The van der Waals surface area contributed by atoms with Crippen LogP contribution in [0.25, 0.3) is 0 Å². The van der Waals surface area contributed by atoms with Crippen molar-refractivity contribution in [3.63, 3.8) is 0 Å². The van der Waals surface area contributed by atoms with Crippen molar-refractivity contribution in [3.05, 3.63) is 0 Å². The predicted octanol–water partition coefficient (Wildman–Crippen LogP) is -1.39. The van der Waals surface area contributed by atoms with Crippen molar-refractivity contribution >= 4 is 22.3 Å². The normalized spacial score (nSPS) is 11.4. The van der Waals surface area contributed by atoms with Gasteiger partial charge in [0, 0.05) is 23.5 Å². The first-order valence-electron chi connectivity index (χ1n) is 3.44. The van der Waals surface area contributed by atoms with E-state index in [9.17, 15) is 9.59 Å². The summed E-state index contributed by atoms with van der Waals surface area (Å²) in [6.07, 6.45) is -0.224. The van der Waals surface area contributed by atoms with Crippen LogP contribution in [0.1, 0.15) is 12.8 Å². The number of carbonyl (C=O) groups is 2. The molecule has 1 unspecified atom stereocenters. The minimum Gasteiger partial charge on any atom is -0.481 e. The van der Waals surface area contributed by atoms with Gasteiger partial charge in [-0.2, -0.15) is 8.42 Å². The Morgan fingerprint density at radius 1 is 1.19 bits per heavy atom. The molecule has 0 spiro atoms. The third-order valence-corrected chi connectivity index (χ3v) is 0.986. The molecule has 0 amide bonds. The maximum absolute atomic E-state index is 9.99. The second-order valence-electron chi connectivity index (χ2n) is 2.32.